The van der Waals surface area contributed by atoms with E-state index < -0.39 is 0 Å². The van der Waals surface area contributed by atoms with E-state index in [1.54, 1.807) is 0 Å². The fourth-order valence-corrected chi connectivity index (χ4v) is 2.04. The van der Waals surface area contributed by atoms with Crippen LogP contribution in [0, 0.1) is 5.92 Å². The van der Waals surface area contributed by atoms with Crippen LogP contribution in [-0.4, -0.2) is 75.1 Å². The predicted octanol–water partition coefficient (Wildman–Crippen LogP) is 7.37. The summed E-state index contributed by atoms with van der Waals surface area (Å²) in [6.45, 7) is 33.9. The number of piperazine rings is 1. The molecule has 0 N–H and O–H groups in total. The van der Waals surface area contributed by atoms with Gasteiger partial charge in [-0.3, -0.25) is 0 Å². The van der Waals surface area contributed by atoms with E-state index >= 15 is 0 Å². The van der Waals surface area contributed by atoms with Gasteiger partial charge in [0.1, 0.15) is 0 Å². The van der Waals surface area contributed by atoms with Crippen LogP contribution in [0.25, 0.3) is 0 Å². The molecule has 0 amide bonds. The van der Waals surface area contributed by atoms with Crippen molar-refractivity contribution in [1.29, 1.82) is 0 Å². The molecule has 0 aromatic carbocycles. The summed E-state index contributed by atoms with van der Waals surface area (Å²) < 4.78 is 0. The summed E-state index contributed by atoms with van der Waals surface area (Å²) >= 11 is 0. The van der Waals surface area contributed by atoms with Gasteiger partial charge in [-0.05, 0) is 53.0 Å². The molecule has 2 aliphatic rings. The second-order valence-corrected chi connectivity index (χ2v) is 5.59. The molecule has 3 nitrogen and oxygen atoms in total. The lowest BCUT2D eigenvalue weighted by molar-refractivity contribution is 0.181. The van der Waals surface area contributed by atoms with E-state index in [0.29, 0.717) is 0 Å². The standard InChI is InChI=1S/C7H15N.C6H14N2.6C2H6/c2*1-7-3-5-8(2)6-4-7;6*1-2/h7H,3-6H2,1-2H3;3-6H2,1-2H3;6*1-2H3. The van der Waals surface area contributed by atoms with Crippen molar-refractivity contribution in [2.24, 2.45) is 5.92 Å². The molecule has 2 aliphatic heterocycles. The van der Waals surface area contributed by atoms with Crippen LogP contribution in [0.2, 0.25) is 0 Å². The normalized spacial score (nSPS) is 16.3. The zero-order chi connectivity index (χ0) is 24.0. The lowest BCUT2D eigenvalue weighted by Gasteiger charge is -2.28. The van der Waals surface area contributed by atoms with E-state index in [-0.39, 0.29) is 0 Å². The third-order valence-electron chi connectivity index (χ3n) is 3.73. The van der Waals surface area contributed by atoms with Gasteiger partial charge in [0.25, 0.3) is 0 Å². The Hall–Kier alpha value is -0.120. The van der Waals surface area contributed by atoms with E-state index in [4.69, 9.17) is 0 Å². The molecule has 0 saturated carbocycles. The molecule has 0 aromatic heterocycles. The molecule has 2 heterocycles. The fourth-order valence-electron chi connectivity index (χ4n) is 2.04. The molecule has 0 aromatic rings. The Morgan fingerprint density at radius 3 is 0.750 bits per heavy atom. The van der Waals surface area contributed by atoms with Gasteiger partial charge in [0.15, 0.2) is 0 Å². The molecule has 0 aliphatic carbocycles. The van der Waals surface area contributed by atoms with Crippen LogP contribution in [0.5, 0.6) is 0 Å². The highest BCUT2D eigenvalue weighted by atomic mass is 15.2. The van der Waals surface area contributed by atoms with Gasteiger partial charge in [0.2, 0.25) is 0 Å². The summed E-state index contributed by atoms with van der Waals surface area (Å²) in [5, 5.41) is 0. The molecule has 2 saturated heterocycles. The van der Waals surface area contributed by atoms with Crippen LogP contribution in [0.3, 0.4) is 0 Å². The van der Waals surface area contributed by atoms with Gasteiger partial charge in [-0.2, -0.15) is 0 Å². The number of hydrogen-bond donors (Lipinski definition) is 0. The van der Waals surface area contributed by atoms with Gasteiger partial charge < -0.3 is 14.7 Å². The molecular weight excluding hydrogens is 342 g/mol. The first-order chi connectivity index (χ1) is 13.6. The number of likely N-dealkylation sites (N-methyl/N-ethyl adjacent to an activating group) is 2. The second-order valence-electron chi connectivity index (χ2n) is 5.59. The minimum absolute atomic E-state index is 0.978. The van der Waals surface area contributed by atoms with Crippen LogP contribution in [-0.2, 0) is 0 Å². The molecule has 0 bridgehead atoms. The molecule has 0 unspecified atom stereocenters. The third kappa shape index (κ3) is 40.5. The van der Waals surface area contributed by atoms with E-state index in [1.807, 2.05) is 83.1 Å². The van der Waals surface area contributed by atoms with Crippen LogP contribution in [0.4, 0.5) is 0 Å². The van der Waals surface area contributed by atoms with Crippen molar-refractivity contribution in [3.8, 4) is 0 Å². The quantitative estimate of drug-likeness (QED) is 0.415. The summed E-state index contributed by atoms with van der Waals surface area (Å²) in [6.07, 6.45) is 2.80. The van der Waals surface area contributed by atoms with Crippen LogP contribution >= 0.6 is 0 Å². The third-order valence-corrected chi connectivity index (χ3v) is 3.73. The van der Waals surface area contributed by atoms with Crippen LogP contribution in [0.15, 0.2) is 0 Å². The van der Waals surface area contributed by atoms with Crippen molar-refractivity contribution in [3.05, 3.63) is 0 Å². The highest BCUT2D eigenvalue weighted by Crippen LogP contribution is 2.13. The Balaban J connectivity index is -0.0000000567. The predicted molar refractivity (Wildman–Crippen MR) is 139 cm³/mol. The minimum atomic E-state index is 0.978. The fraction of sp³-hybridized carbons (Fsp3) is 1.00. The van der Waals surface area contributed by atoms with Crippen LogP contribution in [0.1, 0.15) is 103 Å². The Kier molecular flexibility index (Phi) is 68.5. The van der Waals surface area contributed by atoms with Crippen molar-refractivity contribution in [1.82, 2.24) is 14.7 Å². The van der Waals surface area contributed by atoms with Crippen molar-refractivity contribution in [3.63, 3.8) is 0 Å². The Morgan fingerprint density at radius 2 is 0.571 bits per heavy atom. The largest absolute Gasteiger partial charge is 0.306 e. The molecule has 28 heavy (non-hydrogen) atoms. The van der Waals surface area contributed by atoms with E-state index in [2.05, 4.69) is 42.8 Å². The van der Waals surface area contributed by atoms with Gasteiger partial charge >= 0.3 is 0 Å². The smallest absolute Gasteiger partial charge is 0.0107 e. The molecule has 2 fully saturated rings. The molecule has 0 spiro atoms. The number of piperidine rings is 1. The maximum absolute atomic E-state index is 2.40. The highest BCUT2D eigenvalue weighted by molar-refractivity contribution is 4.65. The average molecular weight is 408 g/mol. The Bertz CT molecular complexity index is 131. The Morgan fingerprint density at radius 1 is 0.393 bits per heavy atom. The molecule has 0 atom stereocenters. The maximum Gasteiger partial charge on any atom is 0.0107 e. The first-order valence-electron chi connectivity index (χ1n) is 12.6. The first-order valence-corrected chi connectivity index (χ1v) is 12.6. The lowest BCUT2D eigenvalue weighted by Crippen LogP contribution is -2.42. The number of likely N-dealkylation sites (tertiary alicyclic amines) is 1. The van der Waals surface area contributed by atoms with E-state index in [9.17, 15) is 0 Å². The zero-order valence-corrected chi connectivity index (χ0v) is 23.6. The molecule has 0 radical (unpaired) electrons. The average Bonchev–Trinajstić information content (AvgIpc) is 2.81. The van der Waals surface area contributed by atoms with Gasteiger partial charge in [-0.15, -0.1) is 0 Å². The van der Waals surface area contributed by atoms with Crippen molar-refractivity contribution in [2.45, 2.75) is 103 Å². The number of nitrogens with zero attached hydrogens (tertiary/aromatic N) is 3. The molecule has 3 heteroatoms. The topological polar surface area (TPSA) is 9.72 Å². The van der Waals surface area contributed by atoms with Gasteiger partial charge in [-0.25, -0.2) is 0 Å². The summed E-state index contributed by atoms with van der Waals surface area (Å²) in [4.78, 5) is 7.12. The maximum atomic E-state index is 2.40. The lowest BCUT2D eigenvalue weighted by atomic mass is 10.00. The number of rotatable bonds is 0. The summed E-state index contributed by atoms with van der Waals surface area (Å²) in [7, 11) is 6.55. The number of hydrogen-bond acceptors (Lipinski definition) is 3. The second kappa shape index (κ2) is 45.6. The molecule has 180 valence electrons. The van der Waals surface area contributed by atoms with E-state index in [0.717, 1.165) is 5.92 Å². The minimum Gasteiger partial charge on any atom is -0.306 e. The molecule has 2 rings (SSSR count). The van der Waals surface area contributed by atoms with Crippen molar-refractivity contribution in [2.75, 3.05) is 60.4 Å². The van der Waals surface area contributed by atoms with Gasteiger partial charge in [0.05, 0.1) is 0 Å². The summed E-state index contributed by atoms with van der Waals surface area (Å²) in [5.74, 6) is 0.978. The summed E-state index contributed by atoms with van der Waals surface area (Å²) in [5.41, 5.74) is 0. The van der Waals surface area contributed by atoms with E-state index in [1.165, 1.54) is 52.1 Å². The SMILES string of the molecule is CC.CC.CC.CC.CC.CC.CC1CCN(C)CC1.CN1CCN(C)CC1. The highest BCUT2D eigenvalue weighted by Gasteiger charge is 2.10. The van der Waals surface area contributed by atoms with Crippen molar-refractivity contribution < 1.29 is 0 Å². The molecular formula is C25H65N3. The Labute approximate surface area is 184 Å². The van der Waals surface area contributed by atoms with Crippen LogP contribution < -0.4 is 0 Å². The van der Waals surface area contributed by atoms with Gasteiger partial charge in [-0.1, -0.05) is 90.0 Å². The first kappa shape index (κ1) is 42.1. The zero-order valence-electron chi connectivity index (χ0n) is 23.6. The van der Waals surface area contributed by atoms with Gasteiger partial charge in [0, 0.05) is 26.2 Å². The summed E-state index contributed by atoms with van der Waals surface area (Å²) in [6, 6.07) is 0. The monoisotopic (exact) mass is 408 g/mol. The van der Waals surface area contributed by atoms with Crippen molar-refractivity contribution >= 4 is 0 Å².